The lowest BCUT2D eigenvalue weighted by Crippen LogP contribution is -2.47. The van der Waals surface area contributed by atoms with Crippen LogP contribution in [-0.4, -0.2) is 23.3 Å². The van der Waals surface area contributed by atoms with E-state index in [1.54, 1.807) is 0 Å². The van der Waals surface area contributed by atoms with Crippen LogP contribution in [0.4, 0.5) is 0 Å². The molecule has 0 saturated carbocycles. The van der Waals surface area contributed by atoms with E-state index in [9.17, 15) is 5.11 Å². The van der Waals surface area contributed by atoms with Gasteiger partial charge in [-0.05, 0) is 38.6 Å². The van der Waals surface area contributed by atoms with E-state index in [-0.39, 0.29) is 0 Å². The molecule has 0 radical (unpaired) electrons. The van der Waals surface area contributed by atoms with Gasteiger partial charge in [-0.3, -0.25) is 0 Å². The fraction of sp³-hybridized carbons (Fsp3) is 1.00. The average molecular weight is 171 g/mol. The Morgan fingerprint density at radius 1 is 1.58 bits per heavy atom. The van der Waals surface area contributed by atoms with Gasteiger partial charge < -0.3 is 10.4 Å². The summed E-state index contributed by atoms with van der Waals surface area (Å²) >= 11 is 0. The SMILES string of the molecule is CC(C)C[C@@]1(O)CCN[C@@H](C)C1. The Morgan fingerprint density at radius 3 is 2.75 bits per heavy atom. The second-order valence-electron chi connectivity index (χ2n) is 4.63. The van der Waals surface area contributed by atoms with E-state index in [2.05, 4.69) is 26.1 Å². The molecule has 72 valence electrons. The molecule has 2 atom stereocenters. The third-order valence-corrected chi connectivity index (χ3v) is 2.56. The van der Waals surface area contributed by atoms with Crippen LogP contribution in [0.15, 0.2) is 0 Å². The first-order valence-corrected chi connectivity index (χ1v) is 4.98. The van der Waals surface area contributed by atoms with Crippen LogP contribution in [0.2, 0.25) is 0 Å². The summed E-state index contributed by atoms with van der Waals surface area (Å²) in [7, 11) is 0. The summed E-state index contributed by atoms with van der Waals surface area (Å²) in [6.45, 7) is 7.45. The first-order chi connectivity index (χ1) is 5.52. The Bertz CT molecular complexity index is 143. The minimum Gasteiger partial charge on any atom is -0.390 e. The van der Waals surface area contributed by atoms with Gasteiger partial charge >= 0.3 is 0 Å². The van der Waals surface area contributed by atoms with Crippen molar-refractivity contribution >= 4 is 0 Å². The molecule has 12 heavy (non-hydrogen) atoms. The number of aliphatic hydroxyl groups is 1. The van der Waals surface area contributed by atoms with Crippen LogP contribution < -0.4 is 5.32 Å². The maximum atomic E-state index is 10.2. The number of hydrogen-bond acceptors (Lipinski definition) is 2. The zero-order valence-electron chi connectivity index (χ0n) is 8.43. The van der Waals surface area contributed by atoms with Crippen LogP contribution in [0.1, 0.15) is 40.0 Å². The predicted molar refractivity (Wildman–Crippen MR) is 51.1 cm³/mol. The summed E-state index contributed by atoms with van der Waals surface area (Å²) in [6, 6.07) is 0.475. The van der Waals surface area contributed by atoms with Gasteiger partial charge in [0.05, 0.1) is 5.60 Å². The van der Waals surface area contributed by atoms with E-state index in [4.69, 9.17) is 0 Å². The normalized spacial score (nSPS) is 37.2. The number of rotatable bonds is 2. The smallest absolute Gasteiger partial charge is 0.0677 e. The molecule has 0 spiro atoms. The molecular weight excluding hydrogens is 150 g/mol. The van der Waals surface area contributed by atoms with Crippen LogP contribution in [0.25, 0.3) is 0 Å². The van der Waals surface area contributed by atoms with E-state index < -0.39 is 5.60 Å². The number of nitrogens with one attached hydrogen (secondary N) is 1. The quantitative estimate of drug-likeness (QED) is 0.660. The van der Waals surface area contributed by atoms with Crippen molar-refractivity contribution in [2.45, 2.75) is 51.7 Å². The molecule has 1 heterocycles. The average Bonchev–Trinajstić information content (AvgIpc) is 1.82. The van der Waals surface area contributed by atoms with Crippen molar-refractivity contribution in [2.75, 3.05) is 6.54 Å². The topological polar surface area (TPSA) is 32.3 Å². The van der Waals surface area contributed by atoms with Crippen LogP contribution in [0, 0.1) is 5.92 Å². The van der Waals surface area contributed by atoms with Gasteiger partial charge in [-0.1, -0.05) is 13.8 Å². The Balaban J connectivity index is 2.45. The second kappa shape index (κ2) is 3.75. The molecule has 1 rings (SSSR count). The second-order valence-corrected chi connectivity index (χ2v) is 4.63. The predicted octanol–water partition coefficient (Wildman–Crippen LogP) is 1.54. The highest BCUT2D eigenvalue weighted by molar-refractivity contribution is 4.88. The fourth-order valence-corrected chi connectivity index (χ4v) is 2.24. The Labute approximate surface area is 75.4 Å². The monoisotopic (exact) mass is 171 g/mol. The lowest BCUT2D eigenvalue weighted by molar-refractivity contribution is -0.0190. The third-order valence-electron chi connectivity index (χ3n) is 2.56. The van der Waals surface area contributed by atoms with Gasteiger partial charge in [-0.25, -0.2) is 0 Å². The summed E-state index contributed by atoms with van der Waals surface area (Å²) in [5.41, 5.74) is -0.390. The van der Waals surface area contributed by atoms with E-state index in [1.807, 2.05) is 0 Å². The molecule has 0 aromatic heterocycles. The van der Waals surface area contributed by atoms with Crippen LogP contribution in [-0.2, 0) is 0 Å². The molecule has 1 saturated heterocycles. The Kier molecular flexibility index (Phi) is 3.13. The first-order valence-electron chi connectivity index (χ1n) is 4.98. The van der Waals surface area contributed by atoms with Gasteiger partial charge in [0.15, 0.2) is 0 Å². The molecular formula is C10H21NO. The van der Waals surface area contributed by atoms with Crippen LogP contribution in [0.3, 0.4) is 0 Å². The number of piperidine rings is 1. The zero-order chi connectivity index (χ0) is 9.19. The van der Waals surface area contributed by atoms with Gasteiger partial charge in [0.25, 0.3) is 0 Å². The lowest BCUT2D eigenvalue weighted by Gasteiger charge is -2.37. The highest BCUT2D eigenvalue weighted by Crippen LogP contribution is 2.28. The van der Waals surface area contributed by atoms with Crippen molar-refractivity contribution in [2.24, 2.45) is 5.92 Å². The molecule has 0 aromatic carbocycles. The zero-order valence-corrected chi connectivity index (χ0v) is 8.43. The van der Waals surface area contributed by atoms with Crippen molar-refractivity contribution in [1.29, 1.82) is 0 Å². The third kappa shape index (κ3) is 2.76. The van der Waals surface area contributed by atoms with Crippen LogP contribution in [0.5, 0.6) is 0 Å². The maximum Gasteiger partial charge on any atom is 0.0677 e. The minimum absolute atomic E-state index is 0.390. The van der Waals surface area contributed by atoms with Gasteiger partial charge in [-0.2, -0.15) is 0 Å². The summed E-state index contributed by atoms with van der Waals surface area (Å²) in [4.78, 5) is 0. The highest BCUT2D eigenvalue weighted by Gasteiger charge is 2.32. The van der Waals surface area contributed by atoms with Crippen molar-refractivity contribution < 1.29 is 5.11 Å². The van der Waals surface area contributed by atoms with Gasteiger partial charge in [0, 0.05) is 6.04 Å². The van der Waals surface area contributed by atoms with E-state index >= 15 is 0 Å². The van der Waals surface area contributed by atoms with Crippen LogP contribution >= 0.6 is 0 Å². The van der Waals surface area contributed by atoms with E-state index in [1.165, 1.54) is 0 Å². The largest absolute Gasteiger partial charge is 0.390 e. The van der Waals surface area contributed by atoms with Crippen molar-refractivity contribution in [3.63, 3.8) is 0 Å². The molecule has 0 aromatic rings. The highest BCUT2D eigenvalue weighted by atomic mass is 16.3. The molecule has 0 unspecified atom stereocenters. The van der Waals surface area contributed by atoms with Crippen molar-refractivity contribution in [3.8, 4) is 0 Å². The summed E-state index contributed by atoms with van der Waals surface area (Å²) in [6.07, 6.45) is 2.76. The van der Waals surface area contributed by atoms with Gasteiger partial charge in [0.2, 0.25) is 0 Å². The summed E-state index contributed by atoms with van der Waals surface area (Å²) in [5.74, 6) is 0.597. The summed E-state index contributed by atoms with van der Waals surface area (Å²) in [5, 5.41) is 13.5. The Hall–Kier alpha value is -0.0800. The molecule has 1 aliphatic heterocycles. The van der Waals surface area contributed by atoms with E-state index in [0.29, 0.717) is 12.0 Å². The molecule has 1 aliphatic rings. The molecule has 0 bridgehead atoms. The standard InChI is InChI=1S/C10H21NO/c1-8(2)6-10(12)4-5-11-9(3)7-10/h8-9,11-12H,4-7H2,1-3H3/t9-,10-/m0/s1. The van der Waals surface area contributed by atoms with E-state index in [0.717, 1.165) is 25.8 Å². The van der Waals surface area contributed by atoms with Gasteiger partial charge in [0.1, 0.15) is 0 Å². The van der Waals surface area contributed by atoms with Gasteiger partial charge in [-0.15, -0.1) is 0 Å². The molecule has 2 N–H and O–H groups in total. The molecule has 0 aliphatic carbocycles. The molecule has 2 heteroatoms. The first kappa shape index (κ1) is 10.0. The number of hydrogen-bond donors (Lipinski definition) is 2. The minimum atomic E-state index is -0.390. The molecule has 0 amide bonds. The summed E-state index contributed by atoms with van der Waals surface area (Å²) < 4.78 is 0. The van der Waals surface area contributed by atoms with Crippen molar-refractivity contribution in [3.05, 3.63) is 0 Å². The fourth-order valence-electron chi connectivity index (χ4n) is 2.24. The molecule has 1 fully saturated rings. The maximum absolute atomic E-state index is 10.2. The lowest BCUT2D eigenvalue weighted by atomic mass is 9.82. The molecule has 2 nitrogen and oxygen atoms in total. The van der Waals surface area contributed by atoms with Crippen molar-refractivity contribution in [1.82, 2.24) is 5.32 Å². The Morgan fingerprint density at radius 2 is 2.25 bits per heavy atom.